The minimum atomic E-state index is -0.346. The zero-order chi connectivity index (χ0) is 13.1. The van der Waals surface area contributed by atoms with E-state index >= 15 is 0 Å². The van der Waals surface area contributed by atoms with Crippen LogP contribution in [0.2, 0.25) is 5.02 Å². The first kappa shape index (κ1) is 13.4. The number of hydrogen-bond acceptors (Lipinski definition) is 3. The van der Waals surface area contributed by atoms with Crippen molar-refractivity contribution in [2.24, 2.45) is 0 Å². The molecule has 3 nitrogen and oxygen atoms in total. The Bertz CT molecular complexity index is 453. The van der Waals surface area contributed by atoms with Crippen LogP contribution in [0.5, 0.6) is 5.75 Å². The Morgan fingerprint density at radius 3 is 3.00 bits per heavy atom. The molecule has 0 fully saturated rings. The van der Waals surface area contributed by atoms with Gasteiger partial charge >= 0.3 is 0 Å². The van der Waals surface area contributed by atoms with E-state index in [2.05, 4.69) is 0 Å². The fourth-order valence-corrected chi connectivity index (χ4v) is 2.57. The van der Waals surface area contributed by atoms with Crippen LogP contribution in [-0.4, -0.2) is 25.6 Å². The summed E-state index contributed by atoms with van der Waals surface area (Å²) in [5.41, 5.74) is 1.96. The normalized spacial score (nSPS) is 15.1. The number of Topliss-reactive ketones (excluding diaryl/α,β-unsaturated/α-hetero) is 1. The molecule has 1 aromatic carbocycles. The lowest BCUT2D eigenvalue weighted by atomic mass is 10.0. The highest BCUT2D eigenvalue weighted by molar-refractivity contribution is 6.30. The van der Waals surface area contributed by atoms with Gasteiger partial charge in [-0.25, -0.2) is 0 Å². The predicted octanol–water partition coefficient (Wildman–Crippen LogP) is 2.81. The van der Waals surface area contributed by atoms with Crippen molar-refractivity contribution >= 4 is 17.4 Å². The van der Waals surface area contributed by atoms with Crippen LogP contribution in [-0.2, 0) is 22.4 Å². The summed E-state index contributed by atoms with van der Waals surface area (Å²) in [6, 6.07) is 3.72. The second-order valence-electron chi connectivity index (χ2n) is 4.43. The van der Waals surface area contributed by atoms with Gasteiger partial charge in [0.1, 0.15) is 11.9 Å². The molecule has 1 atom stereocenters. The quantitative estimate of drug-likeness (QED) is 0.824. The van der Waals surface area contributed by atoms with E-state index in [0.29, 0.717) is 24.5 Å². The van der Waals surface area contributed by atoms with E-state index in [4.69, 9.17) is 21.1 Å². The SMILES string of the molecule is CCC(OC)C(=O)Cc1cc(Cl)cc2c1OCC2. The Hall–Kier alpha value is -1.06. The molecule has 0 saturated heterocycles. The van der Waals surface area contributed by atoms with Gasteiger partial charge in [0.2, 0.25) is 0 Å². The predicted molar refractivity (Wildman–Crippen MR) is 70.5 cm³/mol. The van der Waals surface area contributed by atoms with Gasteiger partial charge in [-0.15, -0.1) is 0 Å². The molecule has 2 rings (SSSR count). The average Bonchev–Trinajstić information content (AvgIpc) is 2.78. The van der Waals surface area contributed by atoms with Crippen molar-refractivity contribution < 1.29 is 14.3 Å². The van der Waals surface area contributed by atoms with Crippen LogP contribution in [0.15, 0.2) is 12.1 Å². The van der Waals surface area contributed by atoms with Crippen molar-refractivity contribution in [2.45, 2.75) is 32.3 Å². The summed E-state index contributed by atoms with van der Waals surface area (Å²) in [6.07, 6.45) is 1.51. The fourth-order valence-electron chi connectivity index (χ4n) is 2.30. The molecule has 0 radical (unpaired) electrons. The topological polar surface area (TPSA) is 35.5 Å². The van der Waals surface area contributed by atoms with Crippen LogP contribution in [0, 0.1) is 0 Å². The number of rotatable bonds is 5. The number of halogens is 1. The lowest BCUT2D eigenvalue weighted by Crippen LogP contribution is -2.24. The largest absolute Gasteiger partial charge is 0.493 e. The van der Waals surface area contributed by atoms with Gasteiger partial charge in [-0.3, -0.25) is 4.79 Å². The Labute approximate surface area is 112 Å². The van der Waals surface area contributed by atoms with Crippen molar-refractivity contribution in [3.63, 3.8) is 0 Å². The van der Waals surface area contributed by atoms with E-state index < -0.39 is 0 Å². The van der Waals surface area contributed by atoms with Crippen LogP contribution in [0.1, 0.15) is 24.5 Å². The van der Waals surface area contributed by atoms with Crippen LogP contribution in [0.3, 0.4) is 0 Å². The first-order chi connectivity index (χ1) is 8.65. The van der Waals surface area contributed by atoms with Crippen molar-refractivity contribution in [1.82, 2.24) is 0 Å². The van der Waals surface area contributed by atoms with Gasteiger partial charge in [0, 0.05) is 30.5 Å². The van der Waals surface area contributed by atoms with Crippen LogP contribution < -0.4 is 4.74 Å². The number of carbonyl (C=O) groups excluding carboxylic acids is 1. The molecule has 0 bridgehead atoms. The number of carbonyl (C=O) groups is 1. The third-order valence-electron chi connectivity index (χ3n) is 3.20. The van der Waals surface area contributed by atoms with E-state index in [9.17, 15) is 4.79 Å². The molecule has 0 amide bonds. The molecule has 1 heterocycles. The number of benzene rings is 1. The highest BCUT2D eigenvalue weighted by Gasteiger charge is 2.22. The molecule has 1 aliphatic rings. The third kappa shape index (κ3) is 2.68. The smallest absolute Gasteiger partial charge is 0.166 e. The Kier molecular flexibility index (Phi) is 4.25. The minimum Gasteiger partial charge on any atom is -0.493 e. The second kappa shape index (κ2) is 5.72. The summed E-state index contributed by atoms with van der Waals surface area (Å²) in [6.45, 7) is 2.60. The maximum absolute atomic E-state index is 12.1. The maximum atomic E-state index is 12.1. The van der Waals surface area contributed by atoms with Crippen LogP contribution in [0.4, 0.5) is 0 Å². The number of hydrogen-bond donors (Lipinski definition) is 0. The summed E-state index contributed by atoms with van der Waals surface area (Å²) in [7, 11) is 1.56. The van der Waals surface area contributed by atoms with Gasteiger partial charge in [0.05, 0.1) is 6.61 Å². The van der Waals surface area contributed by atoms with E-state index in [0.717, 1.165) is 23.3 Å². The number of ketones is 1. The summed E-state index contributed by atoms with van der Waals surface area (Å²) in [5, 5.41) is 0.660. The van der Waals surface area contributed by atoms with E-state index in [1.165, 1.54) is 0 Å². The lowest BCUT2D eigenvalue weighted by Gasteiger charge is -2.13. The maximum Gasteiger partial charge on any atom is 0.166 e. The number of fused-ring (bicyclic) bond motifs is 1. The zero-order valence-corrected chi connectivity index (χ0v) is 11.4. The standard InChI is InChI=1S/C14H17ClO3/c1-3-13(17-2)12(16)8-10-7-11(15)6-9-4-5-18-14(9)10/h6-7,13H,3-5,8H2,1-2H3. The molecule has 0 spiro atoms. The van der Waals surface area contributed by atoms with Crippen molar-refractivity contribution in [1.29, 1.82) is 0 Å². The summed E-state index contributed by atoms with van der Waals surface area (Å²) in [5.74, 6) is 0.902. The minimum absolute atomic E-state index is 0.0694. The highest BCUT2D eigenvalue weighted by atomic mass is 35.5. The Balaban J connectivity index is 2.22. The molecular formula is C14H17ClO3. The first-order valence-corrected chi connectivity index (χ1v) is 6.53. The molecule has 18 heavy (non-hydrogen) atoms. The summed E-state index contributed by atoms with van der Waals surface area (Å²) < 4.78 is 10.7. The van der Waals surface area contributed by atoms with Gasteiger partial charge in [0.15, 0.2) is 5.78 Å². The molecular weight excluding hydrogens is 252 g/mol. The summed E-state index contributed by atoms with van der Waals surface area (Å²) >= 11 is 6.06. The molecule has 0 saturated carbocycles. The van der Waals surface area contributed by atoms with Crippen LogP contribution >= 0.6 is 11.6 Å². The fraction of sp³-hybridized carbons (Fsp3) is 0.500. The number of methoxy groups -OCH3 is 1. The highest BCUT2D eigenvalue weighted by Crippen LogP contribution is 2.33. The Morgan fingerprint density at radius 1 is 1.56 bits per heavy atom. The molecule has 0 N–H and O–H groups in total. The molecule has 1 aliphatic heterocycles. The van der Waals surface area contributed by atoms with Gasteiger partial charge in [-0.1, -0.05) is 18.5 Å². The van der Waals surface area contributed by atoms with Gasteiger partial charge in [-0.2, -0.15) is 0 Å². The molecule has 1 aromatic rings. The molecule has 0 aliphatic carbocycles. The van der Waals surface area contributed by atoms with Crippen LogP contribution in [0.25, 0.3) is 0 Å². The molecule has 0 aromatic heterocycles. The van der Waals surface area contributed by atoms with E-state index in [1.807, 2.05) is 19.1 Å². The number of ether oxygens (including phenoxy) is 2. The van der Waals surface area contributed by atoms with Crippen molar-refractivity contribution in [2.75, 3.05) is 13.7 Å². The average molecular weight is 269 g/mol. The van der Waals surface area contributed by atoms with E-state index in [1.54, 1.807) is 7.11 Å². The first-order valence-electron chi connectivity index (χ1n) is 6.15. The lowest BCUT2D eigenvalue weighted by molar-refractivity contribution is -0.128. The Morgan fingerprint density at radius 2 is 2.33 bits per heavy atom. The monoisotopic (exact) mass is 268 g/mol. The molecule has 98 valence electrons. The molecule has 4 heteroatoms. The third-order valence-corrected chi connectivity index (χ3v) is 3.42. The van der Waals surface area contributed by atoms with Gasteiger partial charge in [0.25, 0.3) is 0 Å². The van der Waals surface area contributed by atoms with Crippen molar-refractivity contribution in [3.8, 4) is 5.75 Å². The van der Waals surface area contributed by atoms with Gasteiger partial charge in [-0.05, 0) is 24.1 Å². The van der Waals surface area contributed by atoms with E-state index in [-0.39, 0.29) is 11.9 Å². The molecule has 1 unspecified atom stereocenters. The van der Waals surface area contributed by atoms with Crippen molar-refractivity contribution in [3.05, 3.63) is 28.3 Å². The zero-order valence-electron chi connectivity index (χ0n) is 10.7. The van der Waals surface area contributed by atoms with Gasteiger partial charge < -0.3 is 9.47 Å². The second-order valence-corrected chi connectivity index (χ2v) is 4.86. The summed E-state index contributed by atoms with van der Waals surface area (Å²) in [4.78, 5) is 12.1.